The Morgan fingerprint density at radius 2 is 2.10 bits per heavy atom. The molecule has 1 heterocycles. The first-order valence-electron chi connectivity index (χ1n) is 8.81. The minimum absolute atomic E-state index is 0.00269. The zero-order valence-electron chi connectivity index (χ0n) is 16.2. The van der Waals surface area contributed by atoms with Crippen LogP contribution >= 0.6 is 34.2 Å². The summed E-state index contributed by atoms with van der Waals surface area (Å²) in [4.78, 5) is 38.1. The van der Waals surface area contributed by atoms with Crippen LogP contribution in [0.4, 0.5) is 5.69 Å². The Bertz CT molecular complexity index is 1160. The molecule has 0 radical (unpaired) electrons. The van der Waals surface area contributed by atoms with E-state index >= 15 is 0 Å². The van der Waals surface area contributed by atoms with Crippen LogP contribution < -0.4 is 9.47 Å². The zero-order valence-corrected chi connectivity index (χ0v) is 19.1. The minimum Gasteiger partial charge on any atom is -0.490 e. The van der Waals surface area contributed by atoms with Crippen LogP contribution in [-0.2, 0) is 14.3 Å². The fourth-order valence-corrected chi connectivity index (χ4v) is 3.64. The van der Waals surface area contributed by atoms with Gasteiger partial charge in [-0.3, -0.25) is 14.9 Å². The fraction of sp³-hybridized carbons (Fsp3) is 0.150. The van der Waals surface area contributed by atoms with Gasteiger partial charge in [0.25, 0.3) is 5.69 Å². The number of benzene rings is 2. The van der Waals surface area contributed by atoms with Crippen molar-refractivity contribution < 1.29 is 28.7 Å². The molecule has 2 aromatic carbocycles. The standard InChI is InChI=1S/C20H14ClIN2O7/c1-3-29-17-8-11(6-15(22)18(17)30-10(2)25)7-16-20(26)31-19(23-16)13-5-4-12(24(27)28)9-14(13)21/h4-9H,3H2,1-2H3/b16-7-. The molecule has 0 saturated heterocycles. The van der Waals surface area contributed by atoms with E-state index in [4.69, 9.17) is 25.8 Å². The van der Waals surface area contributed by atoms with Crippen LogP contribution in [0.1, 0.15) is 25.0 Å². The number of cyclic esters (lactones) is 1. The molecule has 0 unspecified atom stereocenters. The molecule has 31 heavy (non-hydrogen) atoms. The number of nitro benzene ring substituents is 1. The Morgan fingerprint density at radius 3 is 2.71 bits per heavy atom. The van der Waals surface area contributed by atoms with E-state index < -0.39 is 16.9 Å². The van der Waals surface area contributed by atoms with Gasteiger partial charge in [0.15, 0.2) is 17.2 Å². The summed E-state index contributed by atoms with van der Waals surface area (Å²) in [5.41, 5.74) is 0.623. The lowest BCUT2D eigenvalue weighted by Crippen LogP contribution is -2.06. The first kappa shape index (κ1) is 22.7. The molecule has 1 aliphatic rings. The third kappa shape index (κ3) is 5.20. The van der Waals surface area contributed by atoms with Crippen LogP contribution in [0, 0.1) is 13.7 Å². The maximum absolute atomic E-state index is 12.3. The van der Waals surface area contributed by atoms with E-state index in [0.29, 0.717) is 21.5 Å². The summed E-state index contributed by atoms with van der Waals surface area (Å²) < 4.78 is 16.5. The normalized spacial score (nSPS) is 14.3. The van der Waals surface area contributed by atoms with Crippen molar-refractivity contribution in [2.45, 2.75) is 13.8 Å². The third-order valence-corrected chi connectivity index (χ3v) is 5.01. The minimum atomic E-state index is -0.707. The Balaban J connectivity index is 1.98. The summed E-state index contributed by atoms with van der Waals surface area (Å²) in [6, 6.07) is 7.05. The van der Waals surface area contributed by atoms with Crippen molar-refractivity contribution in [2.75, 3.05) is 6.61 Å². The first-order chi connectivity index (χ1) is 14.7. The molecule has 1 aliphatic heterocycles. The Hall–Kier alpha value is -2.99. The Labute approximate surface area is 194 Å². The highest BCUT2D eigenvalue weighted by atomic mass is 127. The predicted molar refractivity (Wildman–Crippen MR) is 120 cm³/mol. The zero-order chi connectivity index (χ0) is 22.7. The lowest BCUT2D eigenvalue weighted by atomic mass is 10.1. The van der Waals surface area contributed by atoms with Crippen molar-refractivity contribution in [1.29, 1.82) is 0 Å². The Kier molecular flexibility index (Phi) is 6.91. The van der Waals surface area contributed by atoms with E-state index in [1.54, 1.807) is 19.1 Å². The molecule has 0 fully saturated rings. The van der Waals surface area contributed by atoms with Crippen molar-refractivity contribution in [3.05, 3.63) is 65.9 Å². The highest BCUT2D eigenvalue weighted by molar-refractivity contribution is 14.1. The fourth-order valence-electron chi connectivity index (χ4n) is 2.65. The predicted octanol–water partition coefficient (Wildman–Crippen LogP) is 4.52. The molecular formula is C20H14ClIN2O7. The lowest BCUT2D eigenvalue weighted by Gasteiger charge is -2.12. The molecule has 0 atom stereocenters. The number of hydrogen-bond donors (Lipinski definition) is 0. The average Bonchev–Trinajstić information content (AvgIpc) is 3.04. The first-order valence-corrected chi connectivity index (χ1v) is 10.3. The summed E-state index contributed by atoms with van der Waals surface area (Å²) in [5, 5.41) is 10.9. The number of halogens is 2. The molecule has 2 aromatic rings. The van der Waals surface area contributed by atoms with Gasteiger partial charge in [0.1, 0.15) is 0 Å². The van der Waals surface area contributed by atoms with Gasteiger partial charge in [0.05, 0.1) is 25.7 Å². The van der Waals surface area contributed by atoms with E-state index in [1.807, 2.05) is 22.6 Å². The monoisotopic (exact) mass is 556 g/mol. The van der Waals surface area contributed by atoms with Crippen LogP contribution in [0.15, 0.2) is 41.0 Å². The van der Waals surface area contributed by atoms with Crippen molar-refractivity contribution in [3.8, 4) is 11.5 Å². The number of nitrogens with zero attached hydrogens (tertiary/aromatic N) is 2. The molecule has 3 rings (SSSR count). The molecule has 160 valence electrons. The topological polar surface area (TPSA) is 117 Å². The van der Waals surface area contributed by atoms with E-state index in [0.717, 1.165) is 6.07 Å². The number of carbonyl (C=O) groups is 2. The number of carbonyl (C=O) groups excluding carboxylic acids is 2. The van der Waals surface area contributed by atoms with Crippen LogP contribution in [0.3, 0.4) is 0 Å². The molecule has 0 amide bonds. The van der Waals surface area contributed by atoms with E-state index in [-0.39, 0.29) is 33.6 Å². The number of hydrogen-bond acceptors (Lipinski definition) is 8. The van der Waals surface area contributed by atoms with Gasteiger partial charge in [-0.25, -0.2) is 9.79 Å². The number of rotatable bonds is 6. The number of aliphatic imine (C=N–C) groups is 1. The molecule has 0 N–H and O–H groups in total. The van der Waals surface area contributed by atoms with Gasteiger partial charge >= 0.3 is 11.9 Å². The summed E-state index contributed by atoms with van der Waals surface area (Å²) >= 11 is 8.08. The highest BCUT2D eigenvalue weighted by Gasteiger charge is 2.27. The maximum Gasteiger partial charge on any atom is 0.363 e. The van der Waals surface area contributed by atoms with Crippen LogP contribution in [0.25, 0.3) is 6.08 Å². The van der Waals surface area contributed by atoms with Gasteiger partial charge in [-0.2, -0.15) is 0 Å². The number of non-ortho nitro benzene ring substituents is 1. The SMILES string of the molecule is CCOc1cc(/C=C2\N=C(c3ccc([N+](=O)[O-])cc3Cl)OC2=O)cc(I)c1OC(C)=O. The van der Waals surface area contributed by atoms with Gasteiger partial charge in [-0.1, -0.05) is 11.6 Å². The second-order valence-electron chi connectivity index (χ2n) is 6.11. The average molecular weight is 557 g/mol. The lowest BCUT2D eigenvalue weighted by molar-refractivity contribution is -0.384. The van der Waals surface area contributed by atoms with Crippen molar-refractivity contribution in [2.24, 2.45) is 4.99 Å². The molecule has 0 aromatic heterocycles. The second kappa shape index (κ2) is 9.43. The summed E-state index contributed by atoms with van der Waals surface area (Å²) in [7, 11) is 0. The smallest absolute Gasteiger partial charge is 0.363 e. The molecular weight excluding hydrogens is 543 g/mol. The highest BCUT2D eigenvalue weighted by Crippen LogP contribution is 2.35. The molecule has 0 bridgehead atoms. The van der Waals surface area contributed by atoms with Gasteiger partial charge in [0, 0.05) is 19.1 Å². The molecule has 0 aliphatic carbocycles. The number of ether oxygens (including phenoxy) is 3. The van der Waals surface area contributed by atoms with E-state index in [9.17, 15) is 19.7 Å². The Morgan fingerprint density at radius 1 is 1.35 bits per heavy atom. The van der Waals surface area contributed by atoms with Crippen LogP contribution in [0.2, 0.25) is 5.02 Å². The largest absolute Gasteiger partial charge is 0.490 e. The maximum atomic E-state index is 12.3. The van der Waals surface area contributed by atoms with E-state index in [2.05, 4.69) is 4.99 Å². The molecule has 9 nitrogen and oxygen atoms in total. The second-order valence-corrected chi connectivity index (χ2v) is 7.68. The molecule has 0 saturated carbocycles. The van der Waals surface area contributed by atoms with Gasteiger partial charge in [-0.15, -0.1) is 0 Å². The molecule has 11 heteroatoms. The summed E-state index contributed by atoms with van der Waals surface area (Å²) in [6.07, 6.45) is 1.48. The number of esters is 2. The number of nitro groups is 1. The van der Waals surface area contributed by atoms with Gasteiger partial charge < -0.3 is 14.2 Å². The summed E-state index contributed by atoms with van der Waals surface area (Å²) in [5.74, 6) is -0.634. The van der Waals surface area contributed by atoms with Gasteiger partial charge in [0.2, 0.25) is 5.90 Å². The quantitative estimate of drug-likeness (QED) is 0.128. The van der Waals surface area contributed by atoms with Crippen LogP contribution in [0.5, 0.6) is 11.5 Å². The van der Waals surface area contributed by atoms with Crippen LogP contribution in [-0.4, -0.2) is 29.4 Å². The van der Waals surface area contributed by atoms with Crippen molar-refractivity contribution >= 4 is 63.8 Å². The molecule has 0 spiro atoms. The van der Waals surface area contributed by atoms with Crippen molar-refractivity contribution in [3.63, 3.8) is 0 Å². The van der Waals surface area contributed by atoms with Gasteiger partial charge in [-0.05, 0) is 59.4 Å². The van der Waals surface area contributed by atoms with Crippen molar-refractivity contribution in [1.82, 2.24) is 0 Å². The summed E-state index contributed by atoms with van der Waals surface area (Å²) in [6.45, 7) is 3.41. The van der Waals surface area contributed by atoms with E-state index in [1.165, 1.54) is 25.1 Å². The third-order valence-electron chi connectivity index (χ3n) is 3.90.